The van der Waals surface area contributed by atoms with Crippen LogP contribution in [0, 0.1) is 0 Å². The third kappa shape index (κ3) is 6.46. The molecule has 0 atom stereocenters. The van der Waals surface area contributed by atoms with Crippen molar-refractivity contribution in [2.45, 2.75) is 31.3 Å². The molecule has 9 heteroatoms. The normalized spacial score (nSPS) is 11.7. The van der Waals surface area contributed by atoms with Crippen molar-refractivity contribution in [1.82, 2.24) is 9.71 Å². The highest BCUT2D eigenvalue weighted by atomic mass is 32.2. The van der Waals surface area contributed by atoms with Gasteiger partial charge in [-0.1, -0.05) is 0 Å². The maximum absolute atomic E-state index is 12.2. The van der Waals surface area contributed by atoms with E-state index >= 15 is 0 Å². The Morgan fingerprint density at radius 1 is 1.11 bits per heavy atom. The zero-order valence-corrected chi connectivity index (χ0v) is 16.0. The molecule has 0 spiro atoms. The molecule has 0 aliphatic heterocycles. The number of amides is 1. The minimum Gasteiger partial charge on any atom is -0.459 e. The summed E-state index contributed by atoms with van der Waals surface area (Å²) in [6, 6.07) is 8.82. The Balaban J connectivity index is 1.99. The van der Waals surface area contributed by atoms with Gasteiger partial charge in [0, 0.05) is 18.1 Å². The molecule has 0 bridgehead atoms. The summed E-state index contributed by atoms with van der Waals surface area (Å²) in [7, 11) is -3.88. The summed E-state index contributed by atoms with van der Waals surface area (Å²) in [6.45, 7) is 4.60. The lowest BCUT2D eigenvalue weighted by Gasteiger charge is -2.19. The van der Waals surface area contributed by atoms with Crippen molar-refractivity contribution in [2.75, 3.05) is 11.9 Å². The number of hydrogen-bond acceptors (Lipinski definition) is 6. The molecule has 1 heterocycles. The van der Waals surface area contributed by atoms with Crippen molar-refractivity contribution in [2.24, 2.45) is 0 Å². The summed E-state index contributed by atoms with van der Waals surface area (Å²) in [4.78, 5) is 27.5. The Labute approximate surface area is 158 Å². The van der Waals surface area contributed by atoms with E-state index in [9.17, 15) is 18.0 Å². The van der Waals surface area contributed by atoms with Crippen LogP contribution in [0.2, 0.25) is 0 Å². The van der Waals surface area contributed by atoms with Gasteiger partial charge in [0.25, 0.3) is 5.91 Å². The molecule has 8 nitrogen and oxygen atoms in total. The van der Waals surface area contributed by atoms with Crippen LogP contribution in [0.25, 0.3) is 0 Å². The first-order chi connectivity index (χ1) is 12.6. The van der Waals surface area contributed by atoms with Crippen LogP contribution in [0.15, 0.2) is 53.7 Å². The molecule has 1 aromatic heterocycles. The van der Waals surface area contributed by atoms with Gasteiger partial charge in [-0.2, -0.15) is 4.72 Å². The molecule has 2 N–H and O–H groups in total. The molecular formula is C18H21N3O5S. The van der Waals surface area contributed by atoms with Gasteiger partial charge < -0.3 is 10.1 Å². The molecule has 0 radical (unpaired) electrons. The smallest absolute Gasteiger partial charge is 0.321 e. The van der Waals surface area contributed by atoms with Gasteiger partial charge in [-0.15, -0.1) is 0 Å². The maximum atomic E-state index is 12.2. The van der Waals surface area contributed by atoms with Crippen molar-refractivity contribution < 1.29 is 22.7 Å². The van der Waals surface area contributed by atoms with Crippen LogP contribution >= 0.6 is 0 Å². The molecule has 1 aromatic carbocycles. The molecular weight excluding hydrogens is 370 g/mol. The monoisotopic (exact) mass is 391 g/mol. The number of anilines is 1. The Morgan fingerprint density at radius 3 is 2.33 bits per heavy atom. The van der Waals surface area contributed by atoms with Crippen LogP contribution in [0.1, 0.15) is 31.1 Å². The summed E-state index contributed by atoms with van der Waals surface area (Å²) in [5, 5.41) is 2.64. The first-order valence-electron chi connectivity index (χ1n) is 8.10. The van der Waals surface area contributed by atoms with E-state index in [1.165, 1.54) is 30.5 Å². The number of benzene rings is 1. The lowest BCUT2D eigenvalue weighted by atomic mass is 10.2. The average molecular weight is 391 g/mol. The number of nitrogens with one attached hydrogen (secondary N) is 2. The zero-order chi connectivity index (χ0) is 20.1. The van der Waals surface area contributed by atoms with E-state index in [2.05, 4.69) is 15.0 Å². The first kappa shape index (κ1) is 20.5. The van der Waals surface area contributed by atoms with E-state index in [-0.39, 0.29) is 10.8 Å². The number of ether oxygens (including phenoxy) is 1. The predicted molar refractivity (Wildman–Crippen MR) is 99.7 cm³/mol. The Kier molecular flexibility index (Phi) is 6.29. The zero-order valence-electron chi connectivity index (χ0n) is 15.2. The molecule has 144 valence electrons. The van der Waals surface area contributed by atoms with Gasteiger partial charge in [-0.25, -0.2) is 8.42 Å². The average Bonchev–Trinajstić information content (AvgIpc) is 2.60. The minimum atomic E-state index is -3.88. The largest absolute Gasteiger partial charge is 0.459 e. The van der Waals surface area contributed by atoms with Crippen LogP contribution in [0.5, 0.6) is 0 Å². The van der Waals surface area contributed by atoms with Crippen LogP contribution in [-0.2, 0) is 19.6 Å². The number of carbonyl (C=O) groups is 2. The lowest BCUT2D eigenvalue weighted by molar-refractivity contribution is -0.153. The molecule has 27 heavy (non-hydrogen) atoms. The van der Waals surface area contributed by atoms with Crippen molar-refractivity contribution in [3.05, 3.63) is 54.4 Å². The molecule has 1 amide bonds. The molecule has 0 unspecified atom stereocenters. The number of nitrogens with zero attached hydrogens (tertiary/aromatic N) is 1. The Bertz CT molecular complexity index is 904. The fourth-order valence-corrected chi connectivity index (χ4v) is 3.00. The second-order valence-electron chi connectivity index (χ2n) is 6.63. The number of hydrogen-bond donors (Lipinski definition) is 2. The summed E-state index contributed by atoms with van der Waals surface area (Å²) in [5.74, 6) is -1.03. The molecule has 0 fully saturated rings. The molecule has 0 saturated carbocycles. The third-order valence-electron chi connectivity index (χ3n) is 3.17. The van der Waals surface area contributed by atoms with Gasteiger partial charge in [-0.05, 0) is 57.2 Å². The first-order valence-corrected chi connectivity index (χ1v) is 9.58. The number of rotatable bonds is 6. The molecule has 2 aromatic rings. The van der Waals surface area contributed by atoms with Crippen molar-refractivity contribution in [1.29, 1.82) is 0 Å². The standard InChI is InChI=1S/C18H21N3O5S/c1-18(2,3)26-16(22)12-20-27(24,25)15-8-6-14(7-9-15)21-17(23)13-5-4-10-19-11-13/h4-11,20H,12H2,1-3H3,(H,21,23). The SMILES string of the molecule is CC(C)(C)OC(=O)CNS(=O)(=O)c1ccc(NC(=O)c2cccnc2)cc1. The number of aromatic nitrogens is 1. The van der Waals surface area contributed by atoms with E-state index in [1.54, 1.807) is 39.1 Å². The van der Waals surface area contributed by atoms with Gasteiger partial charge in [-0.3, -0.25) is 14.6 Å². The molecule has 0 aliphatic carbocycles. The fourth-order valence-electron chi connectivity index (χ4n) is 2.03. The predicted octanol–water partition coefficient (Wildman–Crippen LogP) is 1.95. The topological polar surface area (TPSA) is 114 Å². The van der Waals surface area contributed by atoms with Gasteiger partial charge in [0.15, 0.2) is 0 Å². The Morgan fingerprint density at radius 2 is 1.78 bits per heavy atom. The highest BCUT2D eigenvalue weighted by Crippen LogP contribution is 2.15. The number of esters is 1. The summed E-state index contributed by atoms with van der Waals surface area (Å²) in [5.41, 5.74) is 0.111. The van der Waals surface area contributed by atoms with E-state index in [0.29, 0.717) is 11.3 Å². The summed E-state index contributed by atoms with van der Waals surface area (Å²) < 4.78 is 31.7. The lowest BCUT2D eigenvalue weighted by Crippen LogP contribution is -2.34. The molecule has 2 rings (SSSR count). The van der Waals surface area contributed by atoms with Crippen molar-refractivity contribution in [3.8, 4) is 0 Å². The highest BCUT2D eigenvalue weighted by Gasteiger charge is 2.20. The number of sulfonamides is 1. The van der Waals surface area contributed by atoms with E-state index in [0.717, 1.165) is 0 Å². The van der Waals surface area contributed by atoms with Crippen molar-refractivity contribution >= 4 is 27.6 Å². The summed E-state index contributed by atoms with van der Waals surface area (Å²) >= 11 is 0. The van der Waals surface area contributed by atoms with Crippen LogP contribution in [0.4, 0.5) is 5.69 Å². The number of carbonyl (C=O) groups excluding carboxylic acids is 2. The van der Waals surface area contributed by atoms with Gasteiger partial charge in [0.1, 0.15) is 12.1 Å². The van der Waals surface area contributed by atoms with Crippen LogP contribution < -0.4 is 10.0 Å². The van der Waals surface area contributed by atoms with E-state index in [4.69, 9.17) is 4.74 Å². The van der Waals surface area contributed by atoms with Gasteiger partial charge in [0.05, 0.1) is 10.5 Å². The van der Waals surface area contributed by atoms with Crippen molar-refractivity contribution in [3.63, 3.8) is 0 Å². The highest BCUT2D eigenvalue weighted by molar-refractivity contribution is 7.89. The van der Waals surface area contributed by atoms with E-state index in [1.807, 2.05) is 0 Å². The second kappa shape index (κ2) is 8.28. The quantitative estimate of drug-likeness (QED) is 0.728. The maximum Gasteiger partial charge on any atom is 0.321 e. The van der Waals surface area contributed by atoms with Crippen LogP contribution in [-0.4, -0.2) is 37.4 Å². The third-order valence-corrected chi connectivity index (χ3v) is 4.59. The Hall–Kier alpha value is -2.78. The fraction of sp³-hybridized carbons (Fsp3) is 0.278. The number of pyridine rings is 1. The molecule has 0 aliphatic rings. The molecule has 0 saturated heterocycles. The second-order valence-corrected chi connectivity index (χ2v) is 8.40. The van der Waals surface area contributed by atoms with E-state index < -0.39 is 28.1 Å². The minimum absolute atomic E-state index is 0.0366. The van der Waals surface area contributed by atoms with Crippen LogP contribution in [0.3, 0.4) is 0 Å². The summed E-state index contributed by atoms with van der Waals surface area (Å²) in [6.07, 6.45) is 2.98. The van der Waals surface area contributed by atoms with Gasteiger partial charge >= 0.3 is 5.97 Å². The van der Waals surface area contributed by atoms with Gasteiger partial charge in [0.2, 0.25) is 10.0 Å².